The third-order valence-electron chi connectivity index (χ3n) is 4.88. The van der Waals surface area contributed by atoms with E-state index in [0.717, 1.165) is 37.7 Å². The Kier molecular flexibility index (Phi) is 6.01. The van der Waals surface area contributed by atoms with E-state index in [4.69, 9.17) is 5.11 Å². The summed E-state index contributed by atoms with van der Waals surface area (Å²) in [6, 6.07) is 10.1. The van der Waals surface area contributed by atoms with Crippen LogP contribution in [-0.4, -0.2) is 17.6 Å². The summed E-state index contributed by atoms with van der Waals surface area (Å²) in [4.78, 5) is 12.6. The Bertz CT molecular complexity index is 460. The first kappa shape index (κ1) is 17.0. The van der Waals surface area contributed by atoms with Gasteiger partial charge in [-0.15, -0.1) is 0 Å². The molecule has 1 aliphatic carbocycles. The molecule has 0 radical (unpaired) electrons. The van der Waals surface area contributed by atoms with Gasteiger partial charge in [-0.05, 0) is 49.5 Å². The number of hydrogen-bond acceptors (Lipinski definition) is 2. The molecule has 2 rings (SSSR count). The van der Waals surface area contributed by atoms with Gasteiger partial charge in [0.25, 0.3) is 0 Å². The van der Waals surface area contributed by atoms with Crippen LogP contribution in [0, 0.1) is 11.3 Å². The molecule has 22 heavy (non-hydrogen) atoms. The zero-order chi connectivity index (χ0) is 16.0. The van der Waals surface area contributed by atoms with Crippen LogP contribution in [0.3, 0.4) is 0 Å². The molecule has 1 fully saturated rings. The molecule has 3 nitrogen and oxygen atoms in total. The Balaban J connectivity index is 1.96. The lowest BCUT2D eigenvalue weighted by Gasteiger charge is -2.34. The van der Waals surface area contributed by atoms with Gasteiger partial charge in [0.15, 0.2) is 0 Å². The summed E-state index contributed by atoms with van der Waals surface area (Å²) in [7, 11) is 0. The number of rotatable bonds is 6. The molecule has 0 saturated heterocycles. The molecule has 122 valence electrons. The van der Waals surface area contributed by atoms with Gasteiger partial charge in [-0.2, -0.15) is 0 Å². The van der Waals surface area contributed by atoms with E-state index in [2.05, 4.69) is 19.2 Å². The maximum absolute atomic E-state index is 12.6. The van der Waals surface area contributed by atoms with E-state index in [1.54, 1.807) is 0 Å². The molecular formula is C19H29NO2. The molecule has 3 heteroatoms. The molecule has 0 bridgehead atoms. The van der Waals surface area contributed by atoms with Crippen LogP contribution in [0.5, 0.6) is 0 Å². The number of aliphatic hydroxyl groups excluding tert-OH is 1. The predicted molar refractivity (Wildman–Crippen MR) is 89.4 cm³/mol. The van der Waals surface area contributed by atoms with Crippen molar-refractivity contribution in [2.24, 2.45) is 11.3 Å². The van der Waals surface area contributed by atoms with Gasteiger partial charge in [0.2, 0.25) is 5.91 Å². The van der Waals surface area contributed by atoms with E-state index >= 15 is 0 Å². The summed E-state index contributed by atoms with van der Waals surface area (Å²) in [5.74, 6) is 0.329. The van der Waals surface area contributed by atoms with Gasteiger partial charge in [-0.3, -0.25) is 4.79 Å². The summed E-state index contributed by atoms with van der Waals surface area (Å²) in [6.07, 6.45) is 5.71. The smallest absolute Gasteiger partial charge is 0.223 e. The Hall–Kier alpha value is -1.35. The van der Waals surface area contributed by atoms with Crippen LogP contribution in [-0.2, 0) is 4.79 Å². The van der Waals surface area contributed by atoms with Crippen molar-refractivity contribution in [1.29, 1.82) is 0 Å². The SMILES string of the molecule is CC1(C)CCC(C(=O)NC(CCCO)c2ccccc2)CC1. The zero-order valence-corrected chi connectivity index (χ0v) is 13.8. The molecule has 1 amide bonds. The zero-order valence-electron chi connectivity index (χ0n) is 13.8. The minimum Gasteiger partial charge on any atom is -0.396 e. The average molecular weight is 303 g/mol. The van der Waals surface area contributed by atoms with E-state index < -0.39 is 0 Å². The minimum atomic E-state index is 0.00999. The van der Waals surface area contributed by atoms with Crippen LogP contribution in [0.25, 0.3) is 0 Å². The van der Waals surface area contributed by atoms with Crippen LogP contribution < -0.4 is 5.32 Å². The number of hydrogen-bond donors (Lipinski definition) is 2. The van der Waals surface area contributed by atoms with E-state index in [-0.39, 0.29) is 24.5 Å². The number of carbonyl (C=O) groups excluding carboxylic acids is 1. The van der Waals surface area contributed by atoms with Crippen molar-refractivity contribution >= 4 is 5.91 Å². The molecule has 1 atom stereocenters. The van der Waals surface area contributed by atoms with Gasteiger partial charge in [0, 0.05) is 12.5 Å². The first-order valence-electron chi connectivity index (χ1n) is 8.48. The average Bonchev–Trinajstić information content (AvgIpc) is 2.52. The highest BCUT2D eigenvalue weighted by Gasteiger charge is 2.31. The number of carbonyl (C=O) groups is 1. The van der Waals surface area contributed by atoms with Crippen molar-refractivity contribution in [3.63, 3.8) is 0 Å². The predicted octanol–water partition coefficient (Wildman–Crippen LogP) is 3.83. The summed E-state index contributed by atoms with van der Waals surface area (Å²) in [5, 5.41) is 12.3. The molecule has 2 N–H and O–H groups in total. The third kappa shape index (κ3) is 4.84. The highest BCUT2D eigenvalue weighted by Crippen LogP contribution is 2.38. The fourth-order valence-electron chi connectivity index (χ4n) is 3.25. The van der Waals surface area contributed by atoms with Crippen molar-refractivity contribution in [1.82, 2.24) is 5.32 Å². The third-order valence-corrected chi connectivity index (χ3v) is 4.88. The number of benzene rings is 1. The van der Waals surface area contributed by atoms with Crippen molar-refractivity contribution in [3.8, 4) is 0 Å². The first-order chi connectivity index (χ1) is 10.5. The standard InChI is InChI=1S/C19H29NO2/c1-19(2)12-10-16(11-13-19)18(22)20-17(9-6-14-21)15-7-4-3-5-8-15/h3-5,7-8,16-17,21H,6,9-14H2,1-2H3,(H,20,22). The topological polar surface area (TPSA) is 49.3 Å². The van der Waals surface area contributed by atoms with Gasteiger partial charge >= 0.3 is 0 Å². The van der Waals surface area contributed by atoms with Crippen LogP contribution in [0.15, 0.2) is 30.3 Å². The quantitative estimate of drug-likeness (QED) is 0.839. The second kappa shape index (κ2) is 7.77. The second-order valence-corrected chi connectivity index (χ2v) is 7.28. The summed E-state index contributed by atoms with van der Waals surface area (Å²) >= 11 is 0. The number of amides is 1. The molecule has 0 heterocycles. The monoisotopic (exact) mass is 303 g/mol. The van der Waals surface area contributed by atoms with Crippen molar-refractivity contribution < 1.29 is 9.90 Å². The van der Waals surface area contributed by atoms with Crippen LogP contribution >= 0.6 is 0 Å². The van der Waals surface area contributed by atoms with Crippen LogP contribution in [0.2, 0.25) is 0 Å². The van der Waals surface area contributed by atoms with Gasteiger partial charge in [0.05, 0.1) is 6.04 Å². The van der Waals surface area contributed by atoms with E-state index in [1.165, 1.54) is 0 Å². The van der Waals surface area contributed by atoms with Crippen molar-refractivity contribution in [3.05, 3.63) is 35.9 Å². The fourth-order valence-corrected chi connectivity index (χ4v) is 3.25. The molecule has 1 aliphatic rings. The lowest BCUT2D eigenvalue weighted by Crippen LogP contribution is -2.37. The molecule has 0 spiro atoms. The molecule has 1 aromatic carbocycles. The highest BCUT2D eigenvalue weighted by atomic mass is 16.3. The summed E-state index contributed by atoms with van der Waals surface area (Å²) < 4.78 is 0. The normalized spacial score (nSPS) is 19.6. The summed E-state index contributed by atoms with van der Waals surface area (Å²) in [5.41, 5.74) is 1.51. The number of nitrogens with one attached hydrogen (secondary N) is 1. The fraction of sp³-hybridized carbons (Fsp3) is 0.632. The minimum absolute atomic E-state index is 0.00999. The van der Waals surface area contributed by atoms with Crippen LogP contribution in [0.1, 0.15) is 64.0 Å². The molecule has 1 unspecified atom stereocenters. The molecule has 1 saturated carbocycles. The van der Waals surface area contributed by atoms with Gasteiger partial charge < -0.3 is 10.4 Å². The maximum atomic E-state index is 12.6. The molecule has 1 aromatic rings. The Morgan fingerprint density at radius 2 is 1.91 bits per heavy atom. The Morgan fingerprint density at radius 3 is 2.50 bits per heavy atom. The first-order valence-corrected chi connectivity index (χ1v) is 8.48. The second-order valence-electron chi connectivity index (χ2n) is 7.28. The Labute approximate surface area is 134 Å². The lowest BCUT2D eigenvalue weighted by molar-refractivity contribution is -0.127. The lowest BCUT2D eigenvalue weighted by atomic mass is 9.73. The van der Waals surface area contributed by atoms with E-state index in [9.17, 15) is 4.79 Å². The maximum Gasteiger partial charge on any atom is 0.223 e. The van der Waals surface area contributed by atoms with E-state index in [1.807, 2.05) is 30.3 Å². The van der Waals surface area contributed by atoms with E-state index in [0.29, 0.717) is 11.8 Å². The molecular weight excluding hydrogens is 274 g/mol. The Morgan fingerprint density at radius 1 is 1.27 bits per heavy atom. The molecule has 0 aliphatic heterocycles. The van der Waals surface area contributed by atoms with Crippen molar-refractivity contribution in [2.75, 3.05) is 6.61 Å². The number of aliphatic hydroxyl groups is 1. The van der Waals surface area contributed by atoms with Gasteiger partial charge in [0.1, 0.15) is 0 Å². The van der Waals surface area contributed by atoms with Crippen molar-refractivity contribution in [2.45, 2.75) is 58.4 Å². The summed E-state index contributed by atoms with van der Waals surface area (Å²) in [6.45, 7) is 4.74. The highest BCUT2D eigenvalue weighted by molar-refractivity contribution is 5.79. The largest absolute Gasteiger partial charge is 0.396 e. The van der Waals surface area contributed by atoms with Gasteiger partial charge in [-0.25, -0.2) is 0 Å². The van der Waals surface area contributed by atoms with Crippen LogP contribution in [0.4, 0.5) is 0 Å². The molecule has 0 aromatic heterocycles. The van der Waals surface area contributed by atoms with Gasteiger partial charge in [-0.1, -0.05) is 44.2 Å².